The van der Waals surface area contributed by atoms with Crippen molar-refractivity contribution >= 4 is 52.2 Å². The standard InChI is InChI=1S/C30H24FN3O6S2/c1-15-3-8-18(9-4-15)32-22(35)14-40-20-12-5-16(13-21(20)39-2)23-24-26(41-27-25(23)42-30(38)33-27)29(37)34(28(24)36)19-10-6-17(31)7-11-19/h3-13,23-24,26H,14H2,1-2H3,(H,32,35)(H,33,38). The van der Waals surface area contributed by atoms with Crippen LogP contribution in [0.4, 0.5) is 15.8 Å². The van der Waals surface area contributed by atoms with Crippen LogP contribution in [0, 0.1) is 18.7 Å². The van der Waals surface area contributed by atoms with Gasteiger partial charge >= 0.3 is 4.87 Å². The third-order valence-electron chi connectivity index (χ3n) is 7.15. The van der Waals surface area contributed by atoms with Crippen LogP contribution < -0.4 is 24.6 Å². The summed E-state index contributed by atoms with van der Waals surface area (Å²) in [7, 11) is 1.46. The van der Waals surface area contributed by atoms with Gasteiger partial charge < -0.3 is 19.8 Å². The van der Waals surface area contributed by atoms with Crippen LogP contribution in [0.25, 0.3) is 0 Å². The Labute approximate surface area is 247 Å². The lowest BCUT2D eigenvalue weighted by Crippen LogP contribution is -2.32. The Morgan fingerprint density at radius 1 is 1.00 bits per heavy atom. The molecule has 2 aliphatic rings. The highest BCUT2D eigenvalue weighted by Gasteiger charge is 2.56. The second-order valence-corrected chi connectivity index (χ2v) is 12.0. The average Bonchev–Trinajstić information content (AvgIpc) is 3.47. The normalized spacial score (nSPS) is 19.3. The van der Waals surface area contributed by atoms with Crippen molar-refractivity contribution in [3.8, 4) is 11.5 Å². The number of aromatic nitrogens is 1. The third kappa shape index (κ3) is 5.07. The molecule has 1 fully saturated rings. The van der Waals surface area contributed by atoms with E-state index in [1.807, 2.05) is 19.1 Å². The highest BCUT2D eigenvalue weighted by atomic mass is 32.2. The second-order valence-electron chi connectivity index (χ2n) is 9.85. The molecule has 3 heterocycles. The van der Waals surface area contributed by atoms with Gasteiger partial charge in [-0.2, -0.15) is 0 Å². The SMILES string of the molecule is COc1cc(C2c3sc(=O)[nH]c3SC3C(=O)N(c4ccc(F)cc4)C(=O)C32)ccc1OCC(=O)Nc1ccc(C)cc1. The van der Waals surface area contributed by atoms with E-state index in [-0.39, 0.29) is 23.1 Å². The lowest BCUT2D eigenvalue weighted by atomic mass is 9.83. The topological polar surface area (TPSA) is 118 Å². The molecule has 1 saturated heterocycles. The van der Waals surface area contributed by atoms with Gasteiger partial charge in [-0.25, -0.2) is 9.29 Å². The average molecular weight is 606 g/mol. The minimum absolute atomic E-state index is 0.266. The van der Waals surface area contributed by atoms with Crippen molar-refractivity contribution < 1.29 is 28.2 Å². The van der Waals surface area contributed by atoms with E-state index in [9.17, 15) is 23.6 Å². The number of carbonyl (C=O) groups is 3. The smallest absolute Gasteiger partial charge is 0.305 e. The Hall–Kier alpha value is -4.42. The number of benzene rings is 3. The Morgan fingerprint density at radius 3 is 2.45 bits per heavy atom. The third-order valence-corrected chi connectivity index (χ3v) is 9.55. The zero-order valence-electron chi connectivity index (χ0n) is 22.4. The van der Waals surface area contributed by atoms with Crippen LogP contribution in [0.1, 0.15) is 21.9 Å². The van der Waals surface area contributed by atoms with E-state index >= 15 is 0 Å². The number of rotatable bonds is 7. The number of nitrogens with one attached hydrogen (secondary N) is 2. The first-order valence-corrected chi connectivity index (χ1v) is 14.6. The largest absolute Gasteiger partial charge is 0.493 e. The van der Waals surface area contributed by atoms with E-state index in [1.54, 1.807) is 30.3 Å². The van der Waals surface area contributed by atoms with Crippen molar-refractivity contribution in [3.63, 3.8) is 0 Å². The molecule has 3 amide bonds. The summed E-state index contributed by atoms with van der Waals surface area (Å²) in [6.07, 6.45) is 0. The maximum atomic E-state index is 13.8. The summed E-state index contributed by atoms with van der Waals surface area (Å²) >= 11 is 2.14. The zero-order valence-corrected chi connectivity index (χ0v) is 24.0. The molecule has 2 aliphatic heterocycles. The maximum Gasteiger partial charge on any atom is 0.305 e. The van der Waals surface area contributed by atoms with Crippen molar-refractivity contribution in [3.05, 3.63) is 98.2 Å². The van der Waals surface area contributed by atoms with Crippen LogP contribution >= 0.6 is 23.1 Å². The highest BCUT2D eigenvalue weighted by Crippen LogP contribution is 2.53. The molecule has 0 radical (unpaired) electrons. The molecular formula is C30H24FN3O6S2. The molecular weight excluding hydrogens is 581 g/mol. The summed E-state index contributed by atoms with van der Waals surface area (Å²) in [6, 6.07) is 17.6. The van der Waals surface area contributed by atoms with Gasteiger partial charge in [-0.05, 0) is 61.0 Å². The van der Waals surface area contributed by atoms with Crippen molar-refractivity contribution in [1.82, 2.24) is 4.98 Å². The summed E-state index contributed by atoms with van der Waals surface area (Å²) in [5.74, 6) is -2.52. The van der Waals surface area contributed by atoms with Crippen LogP contribution in [0.3, 0.4) is 0 Å². The minimum atomic E-state index is -0.816. The summed E-state index contributed by atoms with van der Waals surface area (Å²) < 4.78 is 24.9. The van der Waals surface area contributed by atoms with E-state index in [0.29, 0.717) is 32.7 Å². The fourth-order valence-corrected chi connectivity index (χ4v) is 7.71. The van der Waals surface area contributed by atoms with E-state index < -0.39 is 34.7 Å². The summed E-state index contributed by atoms with van der Waals surface area (Å²) in [5, 5.41) is 2.51. The number of thioether (sulfide) groups is 1. The Balaban J connectivity index is 1.29. The van der Waals surface area contributed by atoms with Gasteiger partial charge in [0.25, 0.3) is 5.91 Å². The molecule has 1 aromatic heterocycles. The number of aryl methyl sites for hydroxylation is 1. The number of halogens is 1. The predicted octanol–water partition coefficient (Wildman–Crippen LogP) is 4.71. The molecule has 12 heteroatoms. The van der Waals surface area contributed by atoms with Crippen LogP contribution in [0.2, 0.25) is 0 Å². The maximum absolute atomic E-state index is 13.8. The molecule has 3 aromatic carbocycles. The lowest BCUT2D eigenvalue weighted by Gasteiger charge is -2.30. The summed E-state index contributed by atoms with van der Waals surface area (Å²) in [4.78, 5) is 56.4. The molecule has 0 bridgehead atoms. The molecule has 0 saturated carbocycles. The Morgan fingerprint density at radius 2 is 1.74 bits per heavy atom. The summed E-state index contributed by atoms with van der Waals surface area (Å²) in [6.45, 7) is 1.69. The van der Waals surface area contributed by atoms with Gasteiger partial charge in [-0.15, -0.1) is 0 Å². The fraction of sp³-hybridized carbons (Fsp3) is 0.200. The number of ether oxygens (including phenoxy) is 2. The van der Waals surface area contributed by atoms with E-state index in [0.717, 1.165) is 33.6 Å². The van der Waals surface area contributed by atoms with Crippen LogP contribution in [-0.4, -0.2) is 41.7 Å². The molecule has 42 heavy (non-hydrogen) atoms. The van der Waals surface area contributed by atoms with Crippen LogP contribution in [-0.2, 0) is 14.4 Å². The second kappa shape index (κ2) is 11.1. The molecule has 214 valence electrons. The number of nitrogens with zero attached hydrogens (tertiary/aromatic N) is 1. The first kappa shape index (κ1) is 27.7. The van der Waals surface area contributed by atoms with E-state index in [4.69, 9.17) is 9.47 Å². The molecule has 9 nitrogen and oxygen atoms in total. The Kier molecular flexibility index (Phi) is 7.33. The number of thiazole rings is 1. The lowest BCUT2D eigenvalue weighted by molar-refractivity contribution is -0.122. The van der Waals surface area contributed by atoms with Gasteiger partial charge in [0.15, 0.2) is 18.1 Å². The number of H-pyrrole nitrogens is 1. The van der Waals surface area contributed by atoms with Gasteiger partial charge in [-0.1, -0.05) is 46.9 Å². The van der Waals surface area contributed by atoms with Gasteiger partial charge in [-0.3, -0.25) is 19.2 Å². The molecule has 2 N–H and O–H groups in total. The first-order valence-electron chi connectivity index (χ1n) is 12.9. The number of amides is 3. The van der Waals surface area contributed by atoms with Crippen LogP contribution in [0.5, 0.6) is 11.5 Å². The number of carbonyl (C=O) groups excluding carboxylic acids is 3. The van der Waals surface area contributed by atoms with E-state index in [1.165, 1.54) is 31.4 Å². The fourth-order valence-electron chi connectivity index (χ4n) is 5.19. The van der Waals surface area contributed by atoms with Crippen molar-refractivity contribution in [2.24, 2.45) is 5.92 Å². The van der Waals surface area contributed by atoms with E-state index in [2.05, 4.69) is 10.3 Å². The Bertz CT molecular complexity index is 1750. The van der Waals surface area contributed by atoms with Crippen molar-refractivity contribution in [1.29, 1.82) is 0 Å². The highest BCUT2D eigenvalue weighted by molar-refractivity contribution is 8.00. The molecule has 6 rings (SSSR count). The van der Waals surface area contributed by atoms with Gasteiger partial charge in [0.2, 0.25) is 11.8 Å². The number of fused-ring (bicyclic) bond motifs is 2. The molecule has 0 aliphatic carbocycles. The number of imide groups is 1. The summed E-state index contributed by atoms with van der Waals surface area (Å²) in [5.41, 5.74) is 2.63. The molecule has 4 aromatic rings. The van der Waals surface area contributed by atoms with Crippen molar-refractivity contribution in [2.45, 2.75) is 23.1 Å². The van der Waals surface area contributed by atoms with Gasteiger partial charge in [0, 0.05) is 16.5 Å². The number of methoxy groups -OCH3 is 1. The quantitative estimate of drug-likeness (QED) is 0.293. The van der Waals surface area contributed by atoms with Gasteiger partial charge in [0.1, 0.15) is 11.1 Å². The number of hydrogen-bond acceptors (Lipinski definition) is 8. The number of aromatic amines is 1. The number of anilines is 2. The molecule has 3 atom stereocenters. The first-order chi connectivity index (χ1) is 20.2. The molecule has 0 spiro atoms. The number of hydrogen-bond donors (Lipinski definition) is 2. The molecule has 3 unspecified atom stereocenters. The zero-order chi connectivity index (χ0) is 29.5. The minimum Gasteiger partial charge on any atom is -0.493 e. The van der Waals surface area contributed by atoms with Crippen molar-refractivity contribution in [2.75, 3.05) is 23.9 Å². The predicted molar refractivity (Wildman–Crippen MR) is 157 cm³/mol. The monoisotopic (exact) mass is 605 g/mol. The van der Waals surface area contributed by atoms with Crippen LogP contribution in [0.15, 0.2) is 76.6 Å². The van der Waals surface area contributed by atoms with Gasteiger partial charge in [0.05, 0.1) is 23.7 Å².